The van der Waals surface area contributed by atoms with Gasteiger partial charge in [0.1, 0.15) is 0 Å². The van der Waals surface area contributed by atoms with Gasteiger partial charge >= 0.3 is 0 Å². The Kier molecular flexibility index (Phi) is 4.61. The van der Waals surface area contributed by atoms with Crippen molar-refractivity contribution in [1.29, 1.82) is 0 Å². The fourth-order valence-electron chi connectivity index (χ4n) is 3.40. The van der Waals surface area contributed by atoms with Crippen LogP contribution in [0.3, 0.4) is 0 Å². The lowest BCUT2D eigenvalue weighted by molar-refractivity contribution is 0.101. The molecule has 1 saturated heterocycles. The first-order valence-corrected chi connectivity index (χ1v) is 9.19. The number of carbonyl (C=O) groups excluding carboxylic acids is 1. The number of aromatic nitrogens is 1. The van der Waals surface area contributed by atoms with Gasteiger partial charge in [-0.25, -0.2) is 0 Å². The summed E-state index contributed by atoms with van der Waals surface area (Å²) in [6.45, 7) is 6.14. The Morgan fingerprint density at radius 3 is 2.42 bits per heavy atom. The molecule has 3 aromatic rings. The summed E-state index contributed by atoms with van der Waals surface area (Å²) in [7, 11) is 0. The van der Waals surface area contributed by atoms with Crippen LogP contribution in [0.5, 0.6) is 0 Å². The highest BCUT2D eigenvalue weighted by Crippen LogP contribution is 2.20. The summed E-state index contributed by atoms with van der Waals surface area (Å²) in [5, 5.41) is 0. The fraction of sp³-hybridized carbons (Fsp3) is 0.300. The summed E-state index contributed by atoms with van der Waals surface area (Å²) in [4.78, 5) is 16.7. The molecule has 0 unspecified atom stereocenters. The number of ketones is 1. The second kappa shape index (κ2) is 7.05. The number of para-hydroxylation sites is 2. The van der Waals surface area contributed by atoms with Gasteiger partial charge in [0, 0.05) is 37.4 Å². The van der Waals surface area contributed by atoms with Gasteiger partial charge in [-0.1, -0.05) is 12.1 Å². The SMILES string of the molecule is CC(=O)c1ccc(N2CCN(Cn3c(=S)oc4ccccc43)CC2)cc1. The highest BCUT2D eigenvalue weighted by Gasteiger charge is 2.19. The molecule has 0 spiro atoms. The van der Waals surface area contributed by atoms with E-state index in [4.69, 9.17) is 16.6 Å². The first-order valence-electron chi connectivity index (χ1n) is 8.78. The average molecular weight is 367 g/mol. The third kappa shape index (κ3) is 3.30. The summed E-state index contributed by atoms with van der Waals surface area (Å²) in [5.41, 5.74) is 3.80. The van der Waals surface area contributed by atoms with Gasteiger partial charge < -0.3 is 9.32 Å². The van der Waals surface area contributed by atoms with Gasteiger partial charge in [0.15, 0.2) is 11.4 Å². The number of fused-ring (bicyclic) bond motifs is 1. The normalized spacial score (nSPS) is 15.5. The molecule has 26 heavy (non-hydrogen) atoms. The molecule has 0 N–H and O–H groups in total. The van der Waals surface area contributed by atoms with E-state index < -0.39 is 0 Å². The van der Waals surface area contributed by atoms with Crippen molar-refractivity contribution < 1.29 is 9.21 Å². The zero-order valence-corrected chi connectivity index (χ0v) is 15.5. The molecule has 1 aliphatic rings. The number of hydrogen-bond donors (Lipinski definition) is 0. The Morgan fingerprint density at radius 2 is 1.73 bits per heavy atom. The minimum absolute atomic E-state index is 0.102. The molecule has 0 amide bonds. The van der Waals surface area contributed by atoms with E-state index in [9.17, 15) is 4.79 Å². The number of oxazole rings is 1. The molecule has 0 aliphatic carbocycles. The monoisotopic (exact) mass is 367 g/mol. The van der Waals surface area contributed by atoms with Gasteiger partial charge in [0.2, 0.25) is 0 Å². The van der Waals surface area contributed by atoms with Crippen LogP contribution in [-0.2, 0) is 6.67 Å². The van der Waals surface area contributed by atoms with Crippen LogP contribution in [0.15, 0.2) is 52.9 Å². The van der Waals surface area contributed by atoms with E-state index >= 15 is 0 Å². The molecule has 0 bridgehead atoms. The number of benzene rings is 2. The van der Waals surface area contributed by atoms with Crippen molar-refractivity contribution in [2.24, 2.45) is 0 Å². The van der Waals surface area contributed by atoms with E-state index in [0.29, 0.717) is 4.84 Å². The number of rotatable bonds is 4. The van der Waals surface area contributed by atoms with Crippen molar-refractivity contribution in [3.8, 4) is 0 Å². The van der Waals surface area contributed by atoms with E-state index in [1.54, 1.807) is 6.92 Å². The van der Waals surface area contributed by atoms with Gasteiger partial charge in [-0.3, -0.25) is 14.3 Å². The van der Waals surface area contributed by atoms with E-state index in [2.05, 4.69) is 14.4 Å². The van der Waals surface area contributed by atoms with E-state index in [-0.39, 0.29) is 5.78 Å². The molecule has 2 aromatic carbocycles. The lowest BCUT2D eigenvalue weighted by Crippen LogP contribution is -2.46. The van der Waals surface area contributed by atoms with Crippen LogP contribution < -0.4 is 4.90 Å². The van der Waals surface area contributed by atoms with Gasteiger partial charge in [-0.15, -0.1) is 0 Å². The molecule has 1 fully saturated rings. The van der Waals surface area contributed by atoms with Gasteiger partial charge in [0.25, 0.3) is 4.84 Å². The fourth-order valence-corrected chi connectivity index (χ4v) is 3.65. The van der Waals surface area contributed by atoms with Crippen molar-refractivity contribution in [3.63, 3.8) is 0 Å². The topological polar surface area (TPSA) is 41.6 Å². The summed E-state index contributed by atoms with van der Waals surface area (Å²) < 4.78 is 7.73. The smallest absolute Gasteiger partial charge is 0.270 e. The highest BCUT2D eigenvalue weighted by molar-refractivity contribution is 7.71. The molecular formula is C20H21N3O2S. The zero-order valence-electron chi connectivity index (χ0n) is 14.7. The van der Waals surface area contributed by atoms with Crippen molar-refractivity contribution in [3.05, 3.63) is 58.9 Å². The Morgan fingerprint density at radius 1 is 1.04 bits per heavy atom. The van der Waals surface area contributed by atoms with Crippen molar-refractivity contribution in [2.45, 2.75) is 13.6 Å². The lowest BCUT2D eigenvalue weighted by Gasteiger charge is -2.36. The number of nitrogens with zero attached hydrogens (tertiary/aromatic N) is 3. The zero-order chi connectivity index (χ0) is 18.1. The van der Waals surface area contributed by atoms with E-state index in [1.165, 1.54) is 5.69 Å². The molecule has 0 radical (unpaired) electrons. The maximum absolute atomic E-state index is 11.4. The average Bonchev–Trinajstić information content (AvgIpc) is 2.98. The second-order valence-electron chi connectivity index (χ2n) is 6.61. The quantitative estimate of drug-likeness (QED) is 0.516. The first kappa shape index (κ1) is 17.0. The van der Waals surface area contributed by atoms with Crippen molar-refractivity contribution in [2.75, 3.05) is 31.1 Å². The Bertz CT molecular complexity index is 982. The number of Topliss-reactive ketones (excluding diaryl/α,β-unsaturated/α-hetero) is 1. The van der Waals surface area contributed by atoms with Crippen molar-refractivity contribution in [1.82, 2.24) is 9.47 Å². The summed E-state index contributed by atoms with van der Waals surface area (Å²) >= 11 is 5.39. The summed E-state index contributed by atoms with van der Waals surface area (Å²) in [5.74, 6) is 0.102. The van der Waals surface area contributed by atoms with Crippen LogP contribution in [0, 0.1) is 4.84 Å². The van der Waals surface area contributed by atoms with Crippen molar-refractivity contribution >= 4 is 34.8 Å². The molecule has 1 aromatic heterocycles. The maximum Gasteiger partial charge on any atom is 0.270 e. The second-order valence-corrected chi connectivity index (χ2v) is 6.96. The Balaban J connectivity index is 1.42. The molecule has 0 saturated carbocycles. The maximum atomic E-state index is 11.4. The minimum atomic E-state index is 0.102. The Hall–Kier alpha value is -2.44. The molecule has 6 heteroatoms. The number of piperazine rings is 1. The summed E-state index contributed by atoms with van der Waals surface area (Å²) in [6.07, 6.45) is 0. The number of hydrogen-bond acceptors (Lipinski definition) is 5. The van der Waals surface area contributed by atoms with Crippen LogP contribution in [0.2, 0.25) is 0 Å². The van der Waals surface area contributed by atoms with Crippen LogP contribution in [0.1, 0.15) is 17.3 Å². The van der Waals surface area contributed by atoms with E-state index in [0.717, 1.165) is 49.5 Å². The standard InChI is InChI=1S/C20H21N3O2S/c1-15(24)16-6-8-17(9-7-16)22-12-10-21(11-13-22)14-23-18-4-2-3-5-19(18)25-20(23)26/h2-9H,10-14H2,1H3. The minimum Gasteiger partial charge on any atom is -0.429 e. The predicted octanol–water partition coefficient (Wildman–Crippen LogP) is 3.95. The van der Waals surface area contributed by atoms with Gasteiger partial charge in [0.05, 0.1) is 12.2 Å². The highest BCUT2D eigenvalue weighted by atomic mass is 32.1. The number of carbonyl (C=O) groups is 1. The largest absolute Gasteiger partial charge is 0.429 e. The van der Waals surface area contributed by atoms with Crippen LogP contribution in [0.4, 0.5) is 5.69 Å². The van der Waals surface area contributed by atoms with Crippen LogP contribution in [-0.4, -0.2) is 41.4 Å². The summed E-state index contributed by atoms with van der Waals surface area (Å²) in [6, 6.07) is 15.8. The lowest BCUT2D eigenvalue weighted by atomic mass is 10.1. The van der Waals surface area contributed by atoms with Gasteiger partial charge in [-0.05, 0) is 55.5 Å². The van der Waals surface area contributed by atoms with Gasteiger partial charge in [-0.2, -0.15) is 0 Å². The molecule has 134 valence electrons. The van der Waals surface area contributed by atoms with Crippen LogP contribution in [0.25, 0.3) is 11.1 Å². The third-order valence-electron chi connectivity index (χ3n) is 4.93. The molecule has 1 aliphatic heterocycles. The molecule has 4 rings (SSSR count). The van der Waals surface area contributed by atoms with Crippen LogP contribution >= 0.6 is 12.2 Å². The molecular weight excluding hydrogens is 346 g/mol. The van der Waals surface area contributed by atoms with E-state index in [1.807, 2.05) is 48.5 Å². The first-order chi connectivity index (χ1) is 12.6. The Labute approximate surface area is 157 Å². The molecule has 2 heterocycles. The molecule has 5 nitrogen and oxygen atoms in total. The number of anilines is 1. The predicted molar refractivity (Wildman–Crippen MR) is 105 cm³/mol. The third-order valence-corrected chi connectivity index (χ3v) is 5.23. The molecule has 0 atom stereocenters.